The van der Waals surface area contributed by atoms with Crippen LogP contribution in [0.3, 0.4) is 0 Å². The minimum absolute atomic E-state index is 0.0918. The van der Waals surface area contributed by atoms with Crippen molar-refractivity contribution in [1.29, 1.82) is 4.78 Å². The Morgan fingerprint density at radius 1 is 1.14 bits per heavy atom. The van der Waals surface area contributed by atoms with Crippen LogP contribution in [0.1, 0.15) is 25.0 Å². The van der Waals surface area contributed by atoms with E-state index in [-0.39, 0.29) is 28.0 Å². The first-order valence-electron chi connectivity index (χ1n) is 7.60. The van der Waals surface area contributed by atoms with Gasteiger partial charge in [-0.1, -0.05) is 30.6 Å². The first kappa shape index (κ1) is 23.6. The quantitative estimate of drug-likeness (QED) is 0.385. The number of rotatable bonds is 4. The van der Waals surface area contributed by atoms with Crippen LogP contribution in [0, 0.1) is 16.5 Å². The van der Waals surface area contributed by atoms with Gasteiger partial charge in [-0.05, 0) is 48.4 Å². The normalized spacial score (nSPS) is 11.6. The van der Waals surface area contributed by atoms with Gasteiger partial charge in [-0.25, -0.2) is 4.39 Å². The van der Waals surface area contributed by atoms with Gasteiger partial charge in [0, 0.05) is 10.6 Å². The number of hydrogen-bond acceptors (Lipinski definition) is 5. The molecule has 0 aliphatic heterocycles. The first-order chi connectivity index (χ1) is 12.9. The van der Waals surface area contributed by atoms with Crippen LogP contribution >= 0.6 is 11.6 Å². The SMILES string of the molecule is CC(C)/C(=N\Oc1ccc(F)cc1)c1cc(Cl)ccc1C(F)(F)F.N=S(=O)=O. The number of nitrogens with one attached hydrogen (secondary N) is 1. The van der Waals surface area contributed by atoms with E-state index >= 15 is 0 Å². The van der Waals surface area contributed by atoms with Crippen LogP contribution in [0.25, 0.3) is 0 Å². The van der Waals surface area contributed by atoms with Gasteiger partial charge in [-0.3, -0.25) is 0 Å². The lowest BCUT2D eigenvalue weighted by atomic mass is 9.95. The third-order valence-electron chi connectivity index (χ3n) is 3.17. The molecule has 2 aromatic carbocycles. The fourth-order valence-electron chi connectivity index (χ4n) is 2.04. The van der Waals surface area contributed by atoms with Gasteiger partial charge in [0.25, 0.3) is 0 Å². The molecule has 0 saturated heterocycles. The zero-order valence-corrected chi connectivity index (χ0v) is 16.2. The average Bonchev–Trinajstić information content (AvgIpc) is 2.55. The Morgan fingerprint density at radius 3 is 2.14 bits per heavy atom. The highest BCUT2D eigenvalue weighted by Gasteiger charge is 2.35. The lowest BCUT2D eigenvalue weighted by Gasteiger charge is -2.17. The Labute approximate surface area is 165 Å². The zero-order chi connectivity index (χ0) is 21.5. The molecule has 0 aromatic heterocycles. The molecule has 0 aliphatic carbocycles. The molecule has 1 N–H and O–H groups in total. The molecule has 0 fully saturated rings. The van der Waals surface area contributed by atoms with E-state index in [4.69, 9.17) is 29.6 Å². The van der Waals surface area contributed by atoms with Gasteiger partial charge in [0.15, 0.2) is 5.75 Å². The fraction of sp³-hybridized carbons (Fsp3) is 0.235. The third-order valence-corrected chi connectivity index (χ3v) is 3.41. The number of nitrogens with zero attached hydrogens (tertiary/aromatic N) is 1. The smallest absolute Gasteiger partial charge is 0.357 e. The van der Waals surface area contributed by atoms with E-state index in [1.165, 1.54) is 36.4 Å². The molecule has 2 aromatic rings. The molecule has 28 heavy (non-hydrogen) atoms. The van der Waals surface area contributed by atoms with Crippen LogP contribution < -0.4 is 4.84 Å². The standard InChI is InChI=1S/C17H14ClF4NO.HNO2S/c1-10(2)16(23-24-13-6-4-12(19)5-7-13)14-9-11(18)3-8-15(14)17(20,21)22;1-4(2)3/h3-10H,1-2H3;1H/b23-16+;. The highest BCUT2D eigenvalue weighted by molar-refractivity contribution is 7.60. The van der Waals surface area contributed by atoms with Crippen LogP contribution in [-0.4, -0.2) is 14.1 Å². The van der Waals surface area contributed by atoms with Gasteiger partial charge >= 0.3 is 16.7 Å². The van der Waals surface area contributed by atoms with Gasteiger partial charge in [-0.15, -0.1) is 0 Å². The fourth-order valence-corrected chi connectivity index (χ4v) is 2.21. The van der Waals surface area contributed by atoms with Crippen molar-refractivity contribution in [1.82, 2.24) is 0 Å². The lowest BCUT2D eigenvalue weighted by molar-refractivity contribution is -0.137. The lowest BCUT2D eigenvalue weighted by Crippen LogP contribution is -2.18. The molecule has 0 spiro atoms. The van der Waals surface area contributed by atoms with Crippen molar-refractivity contribution in [2.24, 2.45) is 11.1 Å². The molecule has 0 saturated carbocycles. The highest BCUT2D eigenvalue weighted by atomic mass is 35.5. The average molecular weight is 439 g/mol. The van der Waals surface area contributed by atoms with Gasteiger partial charge in [0.2, 0.25) is 0 Å². The molecule has 11 heteroatoms. The summed E-state index contributed by atoms with van der Waals surface area (Å²) < 4.78 is 75.4. The summed E-state index contributed by atoms with van der Waals surface area (Å²) in [5, 5.41) is 4.00. The molecule has 152 valence electrons. The van der Waals surface area contributed by atoms with E-state index in [0.29, 0.717) is 0 Å². The maximum atomic E-state index is 13.2. The monoisotopic (exact) mass is 438 g/mol. The topological polar surface area (TPSA) is 79.6 Å². The van der Waals surface area contributed by atoms with E-state index in [1.54, 1.807) is 13.8 Å². The van der Waals surface area contributed by atoms with Gasteiger partial charge in [0.1, 0.15) is 5.82 Å². The number of hydrogen-bond donors (Lipinski definition) is 1. The summed E-state index contributed by atoms with van der Waals surface area (Å²) in [4.78, 5) is 5.16. The van der Waals surface area contributed by atoms with Crippen molar-refractivity contribution in [2.45, 2.75) is 20.0 Å². The van der Waals surface area contributed by atoms with Gasteiger partial charge in [0.05, 0.1) is 11.3 Å². The van der Waals surface area contributed by atoms with E-state index in [1.807, 2.05) is 0 Å². The number of oxime groups is 1. The Balaban J connectivity index is 0.000000892. The number of halogens is 5. The van der Waals surface area contributed by atoms with Crippen molar-refractivity contribution < 1.29 is 30.8 Å². The largest absolute Gasteiger partial charge is 0.417 e. The Morgan fingerprint density at radius 2 is 1.68 bits per heavy atom. The Kier molecular flexibility index (Phi) is 8.58. The summed E-state index contributed by atoms with van der Waals surface area (Å²) in [6.45, 7) is 3.38. The third kappa shape index (κ3) is 7.65. The molecule has 0 heterocycles. The van der Waals surface area contributed by atoms with E-state index in [0.717, 1.165) is 6.07 Å². The molecule has 0 radical (unpaired) electrons. The second kappa shape index (κ2) is 10.2. The van der Waals surface area contributed by atoms with Gasteiger partial charge < -0.3 is 4.84 Å². The first-order valence-corrected chi connectivity index (χ1v) is 9.05. The second-order valence-electron chi connectivity index (χ2n) is 5.60. The van der Waals surface area contributed by atoms with E-state index in [2.05, 4.69) is 5.16 Å². The second-order valence-corrected chi connectivity index (χ2v) is 6.50. The summed E-state index contributed by atoms with van der Waals surface area (Å²) in [6.07, 6.45) is -4.55. The Bertz CT molecular complexity index is 938. The summed E-state index contributed by atoms with van der Waals surface area (Å²) in [6, 6.07) is 8.29. The van der Waals surface area contributed by atoms with Crippen molar-refractivity contribution in [3.8, 4) is 5.75 Å². The minimum atomic E-state index is -4.55. The van der Waals surface area contributed by atoms with Crippen LogP contribution in [0.4, 0.5) is 17.6 Å². The predicted octanol–water partition coefficient (Wildman–Crippen LogP) is 5.56. The van der Waals surface area contributed by atoms with Crippen molar-refractivity contribution in [2.75, 3.05) is 0 Å². The minimum Gasteiger partial charge on any atom is -0.357 e. The summed E-state index contributed by atoms with van der Waals surface area (Å²) in [5.74, 6) is -0.597. The number of benzene rings is 2. The predicted molar refractivity (Wildman–Crippen MR) is 96.5 cm³/mol. The Hall–Kier alpha value is -2.46. The highest BCUT2D eigenvalue weighted by Crippen LogP contribution is 2.34. The summed E-state index contributed by atoms with van der Waals surface area (Å²) in [5.41, 5.74) is -0.900. The molecule has 5 nitrogen and oxygen atoms in total. The van der Waals surface area contributed by atoms with Crippen molar-refractivity contribution in [3.05, 3.63) is 64.4 Å². The van der Waals surface area contributed by atoms with Crippen LogP contribution in [0.15, 0.2) is 47.6 Å². The van der Waals surface area contributed by atoms with Crippen LogP contribution in [0.5, 0.6) is 5.75 Å². The van der Waals surface area contributed by atoms with E-state index in [9.17, 15) is 17.6 Å². The molecule has 0 aliphatic rings. The molecule has 0 atom stereocenters. The molecule has 2 rings (SSSR count). The maximum absolute atomic E-state index is 13.2. The zero-order valence-electron chi connectivity index (χ0n) is 14.6. The van der Waals surface area contributed by atoms with Crippen LogP contribution in [-0.2, 0) is 16.7 Å². The molecular weight excluding hydrogens is 424 g/mol. The molecule has 0 unspecified atom stereocenters. The van der Waals surface area contributed by atoms with Crippen molar-refractivity contribution in [3.63, 3.8) is 0 Å². The number of alkyl halides is 3. The molecule has 0 amide bonds. The van der Waals surface area contributed by atoms with Crippen molar-refractivity contribution >= 4 is 27.8 Å². The maximum Gasteiger partial charge on any atom is 0.417 e. The van der Waals surface area contributed by atoms with E-state index < -0.39 is 28.1 Å². The summed E-state index contributed by atoms with van der Waals surface area (Å²) in [7, 11) is -2.61. The van der Waals surface area contributed by atoms with Crippen LogP contribution in [0.2, 0.25) is 5.02 Å². The van der Waals surface area contributed by atoms with Gasteiger partial charge in [-0.2, -0.15) is 26.4 Å². The molecule has 0 bridgehead atoms. The summed E-state index contributed by atoms with van der Waals surface area (Å²) >= 11 is 5.85. The molecular formula is C17H15ClF4N2O3S.